The molecule has 4 rings (SSSR count). The summed E-state index contributed by atoms with van der Waals surface area (Å²) in [6.45, 7) is 4.18. The molecule has 112 valence electrons. The third kappa shape index (κ3) is 2.45. The van der Waals surface area contributed by atoms with Gasteiger partial charge in [-0.15, -0.1) is 0 Å². The second-order valence-corrected chi connectivity index (χ2v) is 6.12. The summed E-state index contributed by atoms with van der Waals surface area (Å²) >= 11 is 0. The summed E-state index contributed by atoms with van der Waals surface area (Å²) in [7, 11) is 0. The van der Waals surface area contributed by atoms with Crippen LogP contribution in [-0.2, 0) is 0 Å². The molecule has 3 aromatic rings. The number of hydrogen-bond acceptors (Lipinski definition) is 3. The number of benzene rings is 1. The molecule has 0 amide bonds. The van der Waals surface area contributed by atoms with Crippen LogP contribution in [-0.4, -0.2) is 28.0 Å². The van der Waals surface area contributed by atoms with Crippen LogP contribution in [0.25, 0.3) is 11.0 Å². The summed E-state index contributed by atoms with van der Waals surface area (Å²) in [5.41, 5.74) is 3.45. The highest BCUT2D eigenvalue weighted by Gasteiger charge is 2.24. The molecule has 1 saturated heterocycles. The van der Waals surface area contributed by atoms with Crippen molar-refractivity contribution in [2.75, 3.05) is 18.0 Å². The molecule has 4 heteroatoms. The molecule has 1 N–H and O–H groups in total. The lowest BCUT2D eigenvalue weighted by molar-refractivity contribution is 0.492. The van der Waals surface area contributed by atoms with Crippen LogP contribution < -0.4 is 4.90 Å². The van der Waals surface area contributed by atoms with Gasteiger partial charge in [-0.25, -0.2) is 9.97 Å². The van der Waals surface area contributed by atoms with Crippen molar-refractivity contribution in [2.45, 2.75) is 25.7 Å². The number of pyridine rings is 1. The third-order valence-electron chi connectivity index (χ3n) is 4.44. The molecule has 1 aliphatic rings. The van der Waals surface area contributed by atoms with E-state index in [2.05, 4.69) is 40.0 Å². The minimum atomic E-state index is 0.448. The summed E-state index contributed by atoms with van der Waals surface area (Å²) in [5, 5.41) is 0. The first kappa shape index (κ1) is 13.3. The lowest BCUT2D eigenvalue weighted by Gasteiger charge is -2.32. The molecule has 3 heterocycles. The van der Waals surface area contributed by atoms with E-state index in [0.717, 1.165) is 35.8 Å². The van der Waals surface area contributed by atoms with Crippen molar-refractivity contribution in [1.82, 2.24) is 15.0 Å². The van der Waals surface area contributed by atoms with Crippen molar-refractivity contribution in [3.8, 4) is 0 Å². The maximum atomic E-state index is 4.78. The number of aromatic amines is 1. The van der Waals surface area contributed by atoms with Gasteiger partial charge in [-0.05, 0) is 49.6 Å². The first-order chi connectivity index (χ1) is 10.8. The number of fused-ring (bicyclic) bond motifs is 1. The predicted octanol–water partition coefficient (Wildman–Crippen LogP) is 3.65. The number of hydrogen-bond donors (Lipinski definition) is 1. The number of H-pyrrole nitrogens is 1. The molecule has 0 spiro atoms. The number of aryl methyl sites for hydroxylation is 1. The molecule has 1 aromatic carbocycles. The molecule has 1 unspecified atom stereocenters. The molecule has 4 nitrogen and oxygen atoms in total. The Hall–Kier alpha value is -2.36. The topological polar surface area (TPSA) is 44.8 Å². The van der Waals surface area contributed by atoms with Crippen molar-refractivity contribution >= 4 is 16.9 Å². The summed E-state index contributed by atoms with van der Waals surface area (Å²) in [4.78, 5) is 15.2. The maximum absolute atomic E-state index is 4.78. The van der Waals surface area contributed by atoms with Crippen LogP contribution in [0, 0.1) is 6.92 Å². The molecule has 1 atom stereocenters. The van der Waals surface area contributed by atoms with Gasteiger partial charge in [0.2, 0.25) is 0 Å². The first-order valence-corrected chi connectivity index (χ1v) is 7.92. The zero-order valence-corrected chi connectivity index (χ0v) is 12.8. The molecule has 0 radical (unpaired) electrons. The highest BCUT2D eigenvalue weighted by molar-refractivity contribution is 5.74. The molecular weight excluding hydrogens is 272 g/mol. The van der Waals surface area contributed by atoms with E-state index in [1.165, 1.54) is 18.4 Å². The van der Waals surface area contributed by atoms with Gasteiger partial charge in [0.25, 0.3) is 0 Å². The zero-order chi connectivity index (χ0) is 14.9. The SMILES string of the molecule is Cc1ccnc(N2CCCC(c3nc4ccccc4[nH]3)C2)c1. The van der Waals surface area contributed by atoms with Crippen LogP contribution >= 0.6 is 0 Å². The van der Waals surface area contributed by atoms with E-state index in [-0.39, 0.29) is 0 Å². The summed E-state index contributed by atoms with van der Waals surface area (Å²) < 4.78 is 0. The van der Waals surface area contributed by atoms with Gasteiger partial charge in [0.05, 0.1) is 11.0 Å². The van der Waals surface area contributed by atoms with Crippen molar-refractivity contribution in [3.05, 3.63) is 54.0 Å². The number of piperidine rings is 1. The van der Waals surface area contributed by atoms with Gasteiger partial charge in [0.15, 0.2) is 0 Å². The minimum absolute atomic E-state index is 0.448. The second-order valence-electron chi connectivity index (χ2n) is 6.12. The lowest BCUT2D eigenvalue weighted by atomic mass is 9.97. The van der Waals surface area contributed by atoms with Gasteiger partial charge in [0.1, 0.15) is 11.6 Å². The Balaban J connectivity index is 1.60. The standard InChI is InChI=1S/C18H20N4/c1-13-8-9-19-17(11-13)22-10-4-5-14(12-22)18-20-15-6-2-3-7-16(15)21-18/h2-3,6-9,11,14H,4-5,10,12H2,1H3,(H,20,21). The van der Waals surface area contributed by atoms with Crippen molar-refractivity contribution in [2.24, 2.45) is 0 Å². The Morgan fingerprint density at radius 1 is 1.23 bits per heavy atom. The molecule has 0 saturated carbocycles. The van der Waals surface area contributed by atoms with E-state index < -0.39 is 0 Å². The first-order valence-electron chi connectivity index (χ1n) is 7.92. The van der Waals surface area contributed by atoms with Crippen LogP contribution in [0.15, 0.2) is 42.6 Å². The summed E-state index contributed by atoms with van der Waals surface area (Å²) in [6.07, 6.45) is 4.26. The van der Waals surface area contributed by atoms with E-state index in [4.69, 9.17) is 4.98 Å². The largest absolute Gasteiger partial charge is 0.356 e. The fourth-order valence-corrected chi connectivity index (χ4v) is 3.27. The van der Waals surface area contributed by atoms with E-state index in [0.29, 0.717) is 5.92 Å². The monoisotopic (exact) mass is 292 g/mol. The van der Waals surface area contributed by atoms with Gasteiger partial charge >= 0.3 is 0 Å². The molecule has 0 aliphatic carbocycles. The van der Waals surface area contributed by atoms with Gasteiger partial charge in [0, 0.05) is 25.2 Å². The molecule has 1 fully saturated rings. The molecule has 1 aliphatic heterocycles. The summed E-state index contributed by atoms with van der Waals surface area (Å²) in [5.74, 6) is 2.64. The average Bonchev–Trinajstić information content (AvgIpc) is 2.99. The van der Waals surface area contributed by atoms with E-state index in [9.17, 15) is 0 Å². The Kier molecular flexibility index (Phi) is 3.29. The van der Waals surface area contributed by atoms with E-state index >= 15 is 0 Å². The highest BCUT2D eigenvalue weighted by Crippen LogP contribution is 2.29. The number of nitrogens with one attached hydrogen (secondary N) is 1. The van der Waals surface area contributed by atoms with Crippen molar-refractivity contribution in [3.63, 3.8) is 0 Å². The van der Waals surface area contributed by atoms with Crippen molar-refractivity contribution in [1.29, 1.82) is 0 Å². The van der Waals surface area contributed by atoms with Gasteiger partial charge in [-0.3, -0.25) is 0 Å². The molecule has 2 aromatic heterocycles. The third-order valence-corrected chi connectivity index (χ3v) is 4.44. The van der Waals surface area contributed by atoms with E-state index in [1.807, 2.05) is 24.4 Å². The quantitative estimate of drug-likeness (QED) is 0.784. The Bertz CT molecular complexity index is 759. The van der Waals surface area contributed by atoms with Crippen molar-refractivity contribution < 1.29 is 0 Å². The molecule has 0 bridgehead atoms. The van der Waals surface area contributed by atoms with Crippen LogP contribution in [0.2, 0.25) is 0 Å². The normalized spacial score (nSPS) is 18.8. The molecule has 22 heavy (non-hydrogen) atoms. The van der Waals surface area contributed by atoms with Crippen LogP contribution in [0.1, 0.15) is 30.1 Å². The van der Waals surface area contributed by atoms with Crippen LogP contribution in [0.4, 0.5) is 5.82 Å². The van der Waals surface area contributed by atoms with Crippen LogP contribution in [0.5, 0.6) is 0 Å². The minimum Gasteiger partial charge on any atom is -0.356 e. The van der Waals surface area contributed by atoms with Gasteiger partial charge in [-0.2, -0.15) is 0 Å². The fourth-order valence-electron chi connectivity index (χ4n) is 3.27. The number of rotatable bonds is 2. The van der Waals surface area contributed by atoms with Gasteiger partial charge in [-0.1, -0.05) is 12.1 Å². The Morgan fingerprint density at radius 2 is 2.14 bits per heavy atom. The van der Waals surface area contributed by atoms with E-state index in [1.54, 1.807) is 0 Å². The Morgan fingerprint density at radius 3 is 3.00 bits per heavy atom. The highest BCUT2D eigenvalue weighted by atomic mass is 15.2. The van der Waals surface area contributed by atoms with Gasteiger partial charge < -0.3 is 9.88 Å². The number of anilines is 1. The fraction of sp³-hybridized carbons (Fsp3) is 0.333. The predicted molar refractivity (Wildman–Crippen MR) is 89.3 cm³/mol. The summed E-state index contributed by atoms with van der Waals surface area (Å²) in [6, 6.07) is 12.5. The van der Waals surface area contributed by atoms with Crippen LogP contribution in [0.3, 0.4) is 0 Å². The Labute approximate surface area is 130 Å². The lowest BCUT2D eigenvalue weighted by Crippen LogP contribution is -2.35. The number of para-hydroxylation sites is 2. The zero-order valence-electron chi connectivity index (χ0n) is 12.8. The smallest absolute Gasteiger partial charge is 0.128 e. The number of imidazole rings is 1. The average molecular weight is 292 g/mol. The number of nitrogens with zero attached hydrogens (tertiary/aromatic N) is 3. The second kappa shape index (κ2) is 5.44. The maximum Gasteiger partial charge on any atom is 0.128 e. The molecular formula is C18H20N4. The number of aromatic nitrogens is 3.